The number of nitrogens with one attached hydrogen (secondary N) is 2. The highest BCUT2D eigenvalue weighted by Crippen LogP contribution is 2.33. The Morgan fingerprint density at radius 1 is 1.14 bits per heavy atom. The average molecular weight is 300 g/mol. The number of ether oxygens (including phenoxy) is 1. The van der Waals surface area contributed by atoms with E-state index in [1.807, 2.05) is 7.05 Å². The molecule has 126 valence electrons. The lowest BCUT2D eigenvalue weighted by atomic mass is 9.77. The van der Waals surface area contributed by atoms with Gasteiger partial charge >= 0.3 is 0 Å². The summed E-state index contributed by atoms with van der Waals surface area (Å²) in [5, 5.41) is 6.41. The van der Waals surface area contributed by atoms with Crippen molar-refractivity contribution >= 4 is 6.29 Å². The summed E-state index contributed by atoms with van der Waals surface area (Å²) in [6.07, 6.45) is 3.18. The summed E-state index contributed by atoms with van der Waals surface area (Å²) in [6.45, 7) is 15.0. The molecular formula is C17H36N2O2. The number of carbonyl (C=O) groups is 1. The Morgan fingerprint density at radius 2 is 1.81 bits per heavy atom. The van der Waals surface area contributed by atoms with Gasteiger partial charge in [-0.05, 0) is 43.8 Å². The van der Waals surface area contributed by atoms with E-state index in [9.17, 15) is 4.79 Å². The van der Waals surface area contributed by atoms with Gasteiger partial charge in [0.1, 0.15) is 6.29 Å². The number of hydrogen-bond donors (Lipinski definition) is 2. The topological polar surface area (TPSA) is 50.4 Å². The Hall–Kier alpha value is -0.450. The van der Waals surface area contributed by atoms with Crippen molar-refractivity contribution in [3.63, 3.8) is 0 Å². The molecule has 0 saturated carbocycles. The van der Waals surface area contributed by atoms with Crippen LogP contribution in [0.3, 0.4) is 0 Å². The maximum atomic E-state index is 11.1. The highest BCUT2D eigenvalue weighted by molar-refractivity contribution is 5.53. The standard InChI is InChI=1S/C17H36N2O2/c1-16(2,3)13-17(4,5)14-21-12-15(11-20)10-19-9-7-8-18-6/h11,15,18-19H,7-10,12-14H2,1-6H3. The molecule has 4 nitrogen and oxygen atoms in total. The largest absolute Gasteiger partial charge is 0.380 e. The molecule has 0 fully saturated rings. The van der Waals surface area contributed by atoms with Crippen LogP contribution in [0, 0.1) is 16.7 Å². The molecule has 0 aliphatic carbocycles. The maximum Gasteiger partial charge on any atom is 0.126 e. The summed E-state index contributed by atoms with van der Waals surface area (Å²) >= 11 is 0. The molecule has 0 amide bonds. The molecular weight excluding hydrogens is 264 g/mol. The first-order chi connectivity index (χ1) is 9.70. The van der Waals surface area contributed by atoms with Crippen molar-refractivity contribution in [3.8, 4) is 0 Å². The van der Waals surface area contributed by atoms with E-state index in [1.54, 1.807) is 0 Å². The van der Waals surface area contributed by atoms with Crippen LogP contribution >= 0.6 is 0 Å². The molecule has 0 aliphatic rings. The third-order valence-corrected chi connectivity index (χ3v) is 3.21. The molecule has 0 aromatic rings. The normalized spacial score (nSPS) is 14.2. The number of carbonyl (C=O) groups excluding carboxylic acids is 1. The Morgan fingerprint density at radius 3 is 2.33 bits per heavy atom. The molecule has 0 aromatic carbocycles. The Balaban J connectivity index is 3.87. The second-order valence-electron chi connectivity index (χ2n) is 7.97. The molecule has 1 unspecified atom stereocenters. The quantitative estimate of drug-likeness (QED) is 0.429. The number of rotatable bonds is 12. The Labute approximate surface area is 131 Å². The molecule has 0 aromatic heterocycles. The monoisotopic (exact) mass is 300 g/mol. The lowest BCUT2D eigenvalue weighted by Crippen LogP contribution is -2.31. The third kappa shape index (κ3) is 13.0. The van der Waals surface area contributed by atoms with Crippen LogP contribution < -0.4 is 10.6 Å². The molecule has 0 bridgehead atoms. The fourth-order valence-corrected chi connectivity index (χ4v) is 2.80. The van der Waals surface area contributed by atoms with Crippen LogP contribution in [0.2, 0.25) is 0 Å². The van der Waals surface area contributed by atoms with Gasteiger partial charge in [0.05, 0.1) is 19.1 Å². The molecule has 0 saturated heterocycles. The smallest absolute Gasteiger partial charge is 0.126 e. The zero-order valence-electron chi connectivity index (χ0n) is 14.9. The minimum atomic E-state index is -0.0509. The summed E-state index contributed by atoms with van der Waals surface area (Å²) in [7, 11) is 1.95. The SMILES string of the molecule is CNCCCNCC(C=O)COCC(C)(C)CC(C)(C)C. The van der Waals surface area contributed by atoms with E-state index >= 15 is 0 Å². The molecule has 1 atom stereocenters. The minimum Gasteiger partial charge on any atom is -0.380 e. The highest BCUT2D eigenvalue weighted by Gasteiger charge is 2.26. The summed E-state index contributed by atoms with van der Waals surface area (Å²) in [4.78, 5) is 11.1. The molecule has 2 N–H and O–H groups in total. The molecule has 0 heterocycles. The number of aldehydes is 1. The van der Waals surface area contributed by atoms with E-state index in [0.29, 0.717) is 25.2 Å². The lowest BCUT2D eigenvalue weighted by molar-refractivity contribution is -0.113. The minimum absolute atomic E-state index is 0.0509. The van der Waals surface area contributed by atoms with Gasteiger partial charge in [0, 0.05) is 6.54 Å². The van der Waals surface area contributed by atoms with E-state index in [4.69, 9.17) is 4.74 Å². The second-order valence-corrected chi connectivity index (χ2v) is 7.97. The van der Waals surface area contributed by atoms with Crippen molar-refractivity contribution in [1.82, 2.24) is 10.6 Å². The van der Waals surface area contributed by atoms with Gasteiger partial charge in [-0.15, -0.1) is 0 Å². The van der Waals surface area contributed by atoms with E-state index in [2.05, 4.69) is 45.3 Å². The predicted octanol–water partition coefficient (Wildman–Crippen LogP) is 2.48. The predicted molar refractivity (Wildman–Crippen MR) is 89.6 cm³/mol. The third-order valence-electron chi connectivity index (χ3n) is 3.21. The zero-order chi connectivity index (χ0) is 16.4. The Kier molecular flexibility index (Phi) is 10.1. The first-order valence-electron chi connectivity index (χ1n) is 8.08. The fraction of sp³-hybridized carbons (Fsp3) is 0.941. The average Bonchev–Trinajstić information content (AvgIpc) is 2.33. The molecule has 0 aliphatic heterocycles. The summed E-state index contributed by atoms with van der Waals surface area (Å²) in [5.41, 5.74) is 0.442. The first kappa shape index (κ1) is 20.6. The van der Waals surface area contributed by atoms with Crippen LogP contribution in [-0.4, -0.2) is 46.2 Å². The maximum absolute atomic E-state index is 11.1. The van der Waals surface area contributed by atoms with Gasteiger partial charge in [-0.3, -0.25) is 0 Å². The fourth-order valence-electron chi connectivity index (χ4n) is 2.80. The van der Waals surface area contributed by atoms with Gasteiger partial charge in [-0.25, -0.2) is 0 Å². The van der Waals surface area contributed by atoms with E-state index in [0.717, 1.165) is 32.2 Å². The van der Waals surface area contributed by atoms with Crippen molar-refractivity contribution < 1.29 is 9.53 Å². The number of hydrogen-bond acceptors (Lipinski definition) is 4. The van der Waals surface area contributed by atoms with E-state index in [-0.39, 0.29) is 11.3 Å². The van der Waals surface area contributed by atoms with Crippen LogP contribution in [0.25, 0.3) is 0 Å². The lowest BCUT2D eigenvalue weighted by Gasteiger charge is -2.32. The van der Waals surface area contributed by atoms with Crippen LogP contribution in [0.5, 0.6) is 0 Å². The molecule has 0 spiro atoms. The molecule has 0 rings (SSSR count). The van der Waals surface area contributed by atoms with Crippen molar-refractivity contribution in [1.29, 1.82) is 0 Å². The van der Waals surface area contributed by atoms with Gasteiger partial charge in [0.2, 0.25) is 0 Å². The molecule has 21 heavy (non-hydrogen) atoms. The van der Waals surface area contributed by atoms with Crippen molar-refractivity contribution in [2.75, 3.05) is 39.9 Å². The summed E-state index contributed by atoms with van der Waals surface area (Å²) < 4.78 is 5.79. The van der Waals surface area contributed by atoms with Gasteiger partial charge < -0.3 is 20.2 Å². The van der Waals surface area contributed by atoms with Crippen molar-refractivity contribution in [3.05, 3.63) is 0 Å². The van der Waals surface area contributed by atoms with Crippen LogP contribution in [-0.2, 0) is 9.53 Å². The van der Waals surface area contributed by atoms with Crippen molar-refractivity contribution in [2.24, 2.45) is 16.7 Å². The van der Waals surface area contributed by atoms with Gasteiger partial charge in [-0.1, -0.05) is 34.6 Å². The first-order valence-corrected chi connectivity index (χ1v) is 8.08. The van der Waals surface area contributed by atoms with Gasteiger partial charge in [-0.2, -0.15) is 0 Å². The van der Waals surface area contributed by atoms with Crippen LogP contribution in [0.1, 0.15) is 47.5 Å². The van der Waals surface area contributed by atoms with Gasteiger partial charge in [0.25, 0.3) is 0 Å². The van der Waals surface area contributed by atoms with Crippen LogP contribution in [0.15, 0.2) is 0 Å². The Bertz CT molecular complexity index is 272. The summed E-state index contributed by atoms with van der Waals surface area (Å²) in [6, 6.07) is 0. The summed E-state index contributed by atoms with van der Waals surface area (Å²) in [5.74, 6) is -0.0509. The zero-order valence-corrected chi connectivity index (χ0v) is 14.9. The molecule has 4 heteroatoms. The van der Waals surface area contributed by atoms with Crippen molar-refractivity contribution in [2.45, 2.75) is 47.5 Å². The van der Waals surface area contributed by atoms with Crippen LogP contribution in [0.4, 0.5) is 0 Å². The molecule has 0 radical (unpaired) electrons. The second kappa shape index (κ2) is 10.3. The van der Waals surface area contributed by atoms with E-state index < -0.39 is 0 Å². The van der Waals surface area contributed by atoms with E-state index in [1.165, 1.54) is 0 Å². The van der Waals surface area contributed by atoms with Gasteiger partial charge in [0.15, 0.2) is 0 Å². The highest BCUT2D eigenvalue weighted by atomic mass is 16.5.